The third-order valence-electron chi connectivity index (χ3n) is 7.53. The van der Waals surface area contributed by atoms with Crippen molar-refractivity contribution < 1.29 is 24.2 Å². The monoisotopic (exact) mass is 478 g/mol. The van der Waals surface area contributed by atoms with Gasteiger partial charge in [-0.2, -0.15) is 0 Å². The number of amides is 2. The van der Waals surface area contributed by atoms with Gasteiger partial charge in [0.05, 0.1) is 0 Å². The number of nitrogens with zero attached hydrogens (tertiary/aromatic N) is 1. The van der Waals surface area contributed by atoms with Gasteiger partial charge in [-0.3, -0.25) is 4.79 Å². The average molecular weight is 479 g/mol. The Morgan fingerprint density at radius 3 is 2.17 bits per heavy atom. The summed E-state index contributed by atoms with van der Waals surface area (Å²) in [7, 11) is 1.61. The lowest BCUT2D eigenvalue weighted by atomic mass is 9.80. The van der Waals surface area contributed by atoms with Gasteiger partial charge in [0.15, 0.2) is 0 Å². The van der Waals surface area contributed by atoms with Gasteiger partial charge in [-0.05, 0) is 47.9 Å². The summed E-state index contributed by atoms with van der Waals surface area (Å²) >= 11 is 0. The molecule has 2 amide bonds. The lowest BCUT2D eigenvalue weighted by Crippen LogP contribution is -2.56. The van der Waals surface area contributed by atoms with Crippen molar-refractivity contribution in [3.8, 4) is 11.1 Å². The van der Waals surface area contributed by atoms with Crippen molar-refractivity contribution in [1.82, 2.24) is 10.2 Å². The van der Waals surface area contributed by atoms with Crippen LogP contribution in [0, 0.1) is 0 Å². The molecule has 0 spiro atoms. The molecule has 2 N–H and O–H groups in total. The minimum atomic E-state index is -1.07. The van der Waals surface area contributed by atoms with Crippen molar-refractivity contribution in [2.24, 2.45) is 0 Å². The Hall–Kier alpha value is -3.35. The number of carboxylic acids is 1. The SMILES string of the molecule is CN(C(=O)CCCCNC(=O)OCC1c2ccccc2-c2ccccc21)C1(C(=O)O)CCCCC1. The van der Waals surface area contributed by atoms with E-state index in [0.29, 0.717) is 32.2 Å². The zero-order chi connectivity index (χ0) is 24.8. The molecule has 2 aliphatic rings. The van der Waals surface area contributed by atoms with E-state index in [1.807, 2.05) is 24.3 Å². The van der Waals surface area contributed by atoms with E-state index in [4.69, 9.17) is 4.74 Å². The van der Waals surface area contributed by atoms with Crippen LogP contribution in [0.25, 0.3) is 11.1 Å². The minimum Gasteiger partial charge on any atom is -0.479 e. The van der Waals surface area contributed by atoms with E-state index in [9.17, 15) is 19.5 Å². The number of carbonyl (C=O) groups is 3. The van der Waals surface area contributed by atoms with Crippen molar-refractivity contribution >= 4 is 18.0 Å². The Bertz CT molecular complexity index is 1030. The zero-order valence-electron chi connectivity index (χ0n) is 20.3. The Morgan fingerprint density at radius 1 is 0.971 bits per heavy atom. The summed E-state index contributed by atoms with van der Waals surface area (Å²) in [6, 6.07) is 16.4. The highest BCUT2D eigenvalue weighted by Gasteiger charge is 2.45. The topological polar surface area (TPSA) is 95.9 Å². The summed E-state index contributed by atoms with van der Waals surface area (Å²) < 4.78 is 5.53. The number of unbranched alkanes of at least 4 members (excludes halogenated alkanes) is 1. The van der Waals surface area contributed by atoms with Crippen LogP contribution >= 0.6 is 0 Å². The number of carboxylic acid groups (broad SMARTS) is 1. The number of hydrogen-bond acceptors (Lipinski definition) is 4. The van der Waals surface area contributed by atoms with Gasteiger partial charge in [-0.15, -0.1) is 0 Å². The zero-order valence-corrected chi connectivity index (χ0v) is 20.3. The molecule has 0 radical (unpaired) electrons. The Morgan fingerprint density at radius 2 is 1.57 bits per heavy atom. The van der Waals surface area contributed by atoms with E-state index in [0.717, 1.165) is 19.3 Å². The van der Waals surface area contributed by atoms with Crippen molar-refractivity contribution in [2.75, 3.05) is 20.2 Å². The number of hydrogen-bond donors (Lipinski definition) is 2. The van der Waals surface area contributed by atoms with Crippen LogP contribution in [0.2, 0.25) is 0 Å². The van der Waals surface area contributed by atoms with Gasteiger partial charge < -0.3 is 20.1 Å². The Balaban J connectivity index is 1.19. The largest absolute Gasteiger partial charge is 0.479 e. The van der Waals surface area contributed by atoms with Crippen molar-refractivity contribution in [3.63, 3.8) is 0 Å². The molecule has 2 aliphatic carbocycles. The number of alkyl carbamates (subject to hydrolysis) is 1. The van der Waals surface area contributed by atoms with E-state index in [1.54, 1.807) is 7.05 Å². The van der Waals surface area contributed by atoms with Crippen molar-refractivity contribution in [2.45, 2.75) is 62.8 Å². The number of nitrogens with one attached hydrogen (secondary N) is 1. The summed E-state index contributed by atoms with van der Waals surface area (Å²) in [5.74, 6) is -1.05. The Kier molecular flexibility index (Phi) is 7.73. The third-order valence-corrected chi connectivity index (χ3v) is 7.53. The van der Waals surface area contributed by atoms with Crippen molar-refractivity contribution in [3.05, 3.63) is 59.7 Å². The molecule has 0 heterocycles. The number of likely N-dealkylation sites (N-methyl/N-ethyl adjacent to an activating group) is 1. The molecule has 2 aromatic carbocycles. The van der Waals surface area contributed by atoms with E-state index in [2.05, 4.69) is 29.6 Å². The van der Waals surface area contributed by atoms with Crippen LogP contribution in [-0.2, 0) is 14.3 Å². The summed E-state index contributed by atoms with van der Waals surface area (Å²) in [6.45, 7) is 0.665. The first kappa shape index (κ1) is 24.8. The maximum atomic E-state index is 12.7. The number of ether oxygens (including phenoxy) is 1. The van der Waals surface area contributed by atoms with Crippen LogP contribution in [-0.4, -0.2) is 53.7 Å². The summed E-state index contributed by atoms with van der Waals surface area (Å²) in [5.41, 5.74) is 3.63. The first-order chi connectivity index (χ1) is 16.9. The lowest BCUT2D eigenvalue weighted by Gasteiger charge is -2.41. The first-order valence-electron chi connectivity index (χ1n) is 12.5. The molecule has 35 heavy (non-hydrogen) atoms. The molecule has 0 aromatic heterocycles. The molecule has 1 fully saturated rings. The Labute approximate surface area is 206 Å². The van der Waals surface area contributed by atoms with Crippen LogP contribution < -0.4 is 5.32 Å². The van der Waals surface area contributed by atoms with Gasteiger partial charge >= 0.3 is 12.1 Å². The van der Waals surface area contributed by atoms with Gasteiger partial charge in [0, 0.05) is 25.9 Å². The van der Waals surface area contributed by atoms with Crippen LogP contribution in [0.15, 0.2) is 48.5 Å². The standard InChI is InChI=1S/C28H34N2O5/c1-30(28(26(32)33)16-8-2-9-17-28)25(31)15-7-10-18-29-27(34)35-19-24-22-13-5-3-11-20(22)21-12-4-6-14-23(21)24/h3-6,11-14,24H,2,7-10,15-19H2,1H3,(H,29,34)(H,32,33). The molecule has 0 saturated heterocycles. The number of fused-ring (bicyclic) bond motifs is 3. The quantitative estimate of drug-likeness (QED) is 0.498. The van der Waals surface area contributed by atoms with Gasteiger partial charge in [0.25, 0.3) is 0 Å². The molecule has 0 unspecified atom stereocenters. The van der Waals surface area contributed by atoms with Crippen LogP contribution in [0.5, 0.6) is 0 Å². The fraction of sp³-hybridized carbons (Fsp3) is 0.464. The van der Waals surface area contributed by atoms with E-state index >= 15 is 0 Å². The summed E-state index contributed by atoms with van der Waals surface area (Å²) in [6.07, 6.45) is 4.66. The second-order valence-corrected chi connectivity index (χ2v) is 9.56. The number of rotatable bonds is 9. The molecule has 7 heteroatoms. The fourth-order valence-corrected chi connectivity index (χ4v) is 5.48. The van der Waals surface area contributed by atoms with E-state index in [-0.39, 0.29) is 24.9 Å². The highest BCUT2D eigenvalue weighted by molar-refractivity contribution is 5.87. The molecule has 0 aliphatic heterocycles. The van der Waals surface area contributed by atoms with Gasteiger partial charge in [0.2, 0.25) is 5.91 Å². The summed E-state index contributed by atoms with van der Waals surface area (Å²) in [4.78, 5) is 38.3. The second-order valence-electron chi connectivity index (χ2n) is 9.56. The van der Waals surface area contributed by atoms with E-state index in [1.165, 1.54) is 27.2 Å². The number of aliphatic carboxylic acids is 1. The van der Waals surface area contributed by atoms with Crippen LogP contribution in [0.3, 0.4) is 0 Å². The predicted octanol–water partition coefficient (Wildman–Crippen LogP) is 4.94. The van der Waals surface area contributed by atoms with Gasteiger partial charge in [-0.25, -0.2) is 9.59 Å². The molecule has 0 atom stereocenters. The highest BCUT2D eigenvalue weighted by Crippen LogP contribution is 2.44. The minimum absolute atomic E-state index is 0.0163. The smallest absolute Gasteiger partial charge is 0.407 e. The molecular formula is C28H34N2O5. The maximum Gasteiger partial charge on any atom is 0.407 e. The molecule has 0 bridgehead atoms. The molecular weight excluding hydrogens is 444 g/mol. The molecule has 1 saturated carbocycles. The summed E-state index contributed by atoms with van der Waals surface area (Å²) in [5, 5.41) is 12.5. The predicted molar refractivity (Wildman–Crippen MR) is 133 cm³/mol. The fourth-order valence-electron chi connectivity index (χ4n) is 5.48. The van der Waals surface area contributed by atoms with Gasteiger partial charge in [-0.1, -0.05) is 67.8 Å². The molecule has 7 nitrogen and oxygen atoms in total. The molecule has 186 valence electrons. The second kappa shape index (κ2) is 10.9. The average Bonchev–Trinajstić information content (AvgIpc) is 3.20. The molecule has 2 aromatic rings. The van der Waals surface area contributed by atoms with E-state index < -0.39 is 17.6 Å². The maximum absolute atomic E-state index is 12.7. The molecule has 4 rings (SSSR count). The van der Waals surface area contributed by atoms with Gasteiger partial charge in [0.1, 0.15) is 12.1 Å². The van der Waals surface area contributed by atoms with Crippen molar-refractivity contribution in [1.29, 1.82) is 0 Å². The normalized spacial score (nSPS) is 16.1. The van der Waals surface area contributed by atoms with Crippen LogP contribution in [0.4, 0.5) is 4.79 Å². The number of carbonyl (C=O) groups excluding carboxylic acids is 2. The third kappa shape index (κ3) is 5.19. The highest BCUT2D eigenvalue weighted by atomic mass is 16.5. The first-order valence-corrected chi connectivity index (χ1v) is 12.5. The van der Waals surface area contributed by atoms with Crippen LogP contribution in [0.1, 0.15) is 68.4 Å². The number of benzene rings is 2. The lowest BCUT2D eigenvalue weighted by molar-refractivity contribution is -0.160.